The minimum atomic E-state index is -0.204. The fraction of sp³-hybridized carbons (Fsp3) is 0.292. The van der Waals surface area contributed by atoms with E-state index in [2.05, 4.69) is 25.4 Å². The molecule has 1 saturated carbocycles. The zero-order valence-corrected chi connectivity index (χ0v) is 18.7. The Morgan fingerprint density at radius 3 is 2.65 bits per heavy atom. The first-order chi connectivity index (χ1) is 16.6. The van der Waals surface area contributed by atoms with Gasteiger partial charge in [0.15, 0.2) is 5.82 Å². The second kappa shape index (κ2) is 9.34. The highest BCUT2D eigenvalue weighted by molar-refractivity contribution is 6.05. The van der Waals surface area contributed by atoms with Crippen molar-refractivity contribution in [1.82, 2.24) is 29.9 Å². The number of anilines is 1. The van der Waals surface area contributed by atoms with Gasteiger partial charge >= 0.3 is 0 Å². The number of carbonyl (C=O) groups excluding carboxylic acids is 1. The maximum absolute atomic E-state index is 13.3. The average molecular weight is 460 g/mol. The summed E-state index contributed by atoms with van der Waals surface area (Å²) >= 11 is 0. The Kier molecular flexibility index (Phi) is 5.94. The standard InChI is InChI=1S/C24H25N7O3/c1-33-21-12-15(6-11-27-21)20-13-19(22-23(25)28-14-29-31(20)22)24(32)30-16-2-4-17(5-3-16)34-18-7-9-26-10-8-18/h6-14,16-17H,2-5H2,1H3,(H,30,32)(H2,25,28,29)/t16-,17-. The van der Waals surface area contributed by atoms with E-state index in [0.717, 1.165) is 37.0 Å². The van der Waals surface area contributed by atoms with Crippen LogP contribution in [0.1, 0.15) is 36.0 Å². The zero-order chi connectivity index (χ0) is 23.5. The van der Waals surface area contributed by atoms with Gasteiger partial charge in [-0.1, -0.05) is 0 Å². The number of amides is 1. The Balaban J connectivity index is 1.34. The van der Waals surface area contributed by atoms with E-state index >= 15 is 0 Å². The number of nitrogens with two attached hydrogens (primary N) is 1. The number of methoxy groups -OCH3 is 1. The molecule has 174 valence electrons. The lowest BCUT2D eigenvalue weighted by Gasteiger charge is -2.29. The van der Waals surface area contributed by atoms with Crippen molar-refractivity contribution in [1.29, 1.82) is 0 Å². The smallest absolute Gasteiger partial charge is 0.253 e. The summed E-state index contributed by atoms with van der Waals surface area (Å²) in [6.45, 7) is 0. The summed E-state index contributed by atoms with van der Waals surface area (Å²) < 4.78 is 12.9. The van der Waals surface area contributed by atoms with E-state index in [1.165, 1.54) is 6.33 Å². The van der Waals surface area contributed by atoms with Gasteiger partial charge in [-0.2, -0.15) is 5.10 Å². The van der Waals surface area contributed by atoms with Gasteiger partial charge in [0.2, 0.25) is 5.88 Å². The van der Waals surface area contributed by atoms with E-state index < -0.39 is 0 Å². The number of nitrogens with zero attached hydrogens (tertiary/aromatic N) is 5. The lowest BCUT2D eigenvalue weighted by molar-refractivity contribution is 0.0895. The number of fused-ring (bicyclic) bond motifs is 1. The third-order valence-electron chi connectivity index (χ3n) is 6.03. The summed E-state index contributed by atoms with van der Waals surface area (Å²) in [6, 6.07) is 9.15. The Bertz CT molecular complexity index is 1300. The van der Waals surface area contributed by atoms with Crippen molar-refractivity contribution in [3.8, 4) is 22.9 Å². The first-order valence-electron chi connectivity index (χ1n) is 11.1. The molecule has 3 N–H and O–H groups in total. The minimum absolute atomic E-state index is 0.0510. The molecular formula is C24H25N7O3. The van der Waals surface area contributed by atoms with E-state index in [1.807, 2.05) is 18.2 Å². The van der Waals surface area contributed by atoms with Crippen LogP contribution in [-0.2, 0) is 0 Å². The molecule has 0 unspecified atom stereocenters. The monoisotopic (exact) mass is 459 g/mol. The van der Waals surface area contributed by atoms with Crippen LogP contribution in [0.15, 0.2) is 55.2 Å². The molecule has 0 aliphatic heterocycles. The van der Waals surface area contributed by atoms with E-state index in [4.69, 9.17) is 15.2 Å². The van der Waals surface area contributed by atoms with Gasteiger partial charge in [-0.15, -0.1) is 0 Å². The fourth-order valence-corrected chi connectivity index (χ4v) is 4.32. The van der Waals surface area contributed by atoms with Gasteiger partial charge < -0.3 is 20.5 Å². The van der Waals surface area contributed by atoms with Crippen molar-refractivity contribution < 1.29 is 14.3 Å². The lowest BCUT2D eigenvalue weighted by Crippen LogP contribution is -2.39. The maximum Gasteiger partial charge on any atom is 0.253 e. The molecule has 1 aliphatic carbocycles. The van der Waals surface area contributed by atoms with Crippen LogP contribution < -0.4 is 20.5 Å². The lowest BCUT2D eigenvalue weighted by atomic mass is 9.92. The van der Waals surface area contributed by atoms with Crippen LogP contribution in [0.4, 0.5) is 5.82 Å². The number of carbonyl (C=O) groups is 1. The average Bonchev–Trinajstić information content (AvgIpc) is 3.27. The van der Waals surface area contributed by atoms with Gasteiger partial charge in [-0.05, 0) is 49.9 Å². The second-order valence-electron chi connectivity index (χ2n) is 8.18. The summed E-state index contributed by atoms with van der Waals surface area (Å²) in [5.41, 5.74) is 8.56. The highest BCUT2D eigenvalue weighted by Gasteiger charge is 2.26. The molecule has 10 nitrogen and oxygen atoms in total. The molecule has 0 bridgehead atoms. The van der Waals surface area contributed by atoms with Gasteiger partial charge in [-0.3, -0.25) is 9.78 Å². The molecule has 5 rings (SSSR count). The molecule has 1 fully saturated rings. The Labute approximate surface area is 196 Å². The van der Waals surface area contributed by atoms with E-state index in [-0.39, 0.29) is 23.9 Å². The van der Waals surface area contributed by atoms with Crippen molar-refractivity contribution in [2.24, 2.45) is 0 Å². The molecule has 0 atom stereocenters. The Morgan fingerprint density at radius 1 is 1.09 bits per heavy atom. The molecule has 1 amide bonds. The molecule has 4 heterocycles. The van der Waals surface area contributed by atoms with Gasteiger partial charge in [0.25, 0.3) is 5.91 Å². The van der Waals surface area contributed by atoms with Crippen LogP contribution in [0.5, 0.6) is 11.6 Å². The summed E-state index contributed by atoms with van der Waals surface area (Å²) in [4.78, 5) is 25.6. The third kappa shape index (κ3) is 4.34. The van der Waals surface area contributed by atoms with Crippen molar-refractivity contribution >= 4 is 17.2 Å². The minimum Gasteiger partial charge on any atom is -0.490 e. The van der Waals surface area contributed by atoms with Crippen LogP contribution >= 0.6 is 0 Å². The normalized spacial score (nSPS) is 17.9. The SMILES string of the molecule is COc1cc(-c2cc(C(=O)N[C@H]3CC[C@H](Oc4ccncc4)CC3)c3c(N)ncnn23)ccn1. The van der Waals surface area contributed by atoms with Crippen LogP contribution in [0.25, 0.3) is 16.8 Å². The number of rotatable bonds is 6. The number of aromatic nitrogens is 5. The van der Waals surface area contributed by atoms with Gasteiger partial charge in [0.05, 0.1) is 24.5 Å². The maximum atomic E-state index is 13.3. The van der Waals surface area contributed by atoms with Crippen molar-refractivity contribution in [2.75, 3.05) is 12.8 Å². The van der Waals surface area contributed by atoms with Crippen molar-refractivity contribution in [3.63, 3.8) is 0 Å². The quantitative estimate of drug-likeness (QED) is 0.450. The van der Waals surface area contributed by atoms with E-state index in [0.29, 0.717) is 22.7 Å². The largest absolute Gasteiger partial charge is 0.490 e. The van der Waals surface area contributed by atoms with E-state index in [1.54, 1.807) is 42.3 Å². The topological polar surface area (TPSA) is 130 Å². The molecule has 34 heavy (non-hydrogen) atoms. The third-order valence-corrected chi connectivity index (χ3v) is 6.03. The number of nitrogens with one attached hydrogen (secondary N) is 1. The Hall–Kier alpha value is -4.21. The summed E-state index contributed by atoms with van der Waals surface area (Å²) in [6.07, 6.45) is 9.95. The first-order valence-corrected chi connectivity index (χ1v) is 11.1. The van der Waals surface area contributed by atoms with Crippen LogP contribution in [0.2, 0.25) is 0 Å². The molecule has 0 saturated heterocycles. The number of ether oxygens (including phenoxy) is 2. The molecule has 4 aromatic rings. The Morgan fingerprint density at radius 2 is 1.88 bits per heavy atom. The van der Waals surface area contributed by atoms with Gasteiger partial charge in [-0.25, -0.2) is 14.5 Å². The number of hydrogen-bond donors (Lipinski definition) is 2. The molecule has 10 heteroatoms. The summed E-state index contributed by atoms with van der Waals surface area (Å²) in [5.74, 6) is 1.32. The molecule has 0 aromatic carbocycles. The predicted molar refractivity (Wildman–Crippen MR) is 126 cm³/mol. The highest BCUT2D eigenvalue weighted by atomic mass is 16.5. The van der Waals surface area contributed by atoms with Crippen LogP contribution in [0, 0.1) is 0 Å². The number of hydrogen-bond acceptors (Lipinski definition) is 8. The molecule has 1 aliphatic rings. The van der Waals surface area contributed by atoms with Crippen LogP contribution in [0.3, 0.4) is 0 Å². The van der Waals surface area contributed by atoms with Crippen molar-refractivity contribution in [2.45, 2.75) is 37.8 Å². The zero-order valence-electron chi connectivity index (χ0n) is 18.7. The molecular weight excluding hydrogens is 434 g/mol. The number of nitrogen functional groups attached to an aromatic ring is 1. The second-order valence-corrected chi connectivity index (χ2v) is 8.18. The molecule has 0 radical (unpaired) electrons. The summed E-state index contributed by atoms with van der Waals surface area (Å²) in [7, 11) is 1.55. The van der Waals surface area contributed by atoms with Gasteiger partial charge in [0.1, 0.15) is 17.6 Å². The molecule has 4 aromatic heterocycles. The fourth-order valence-electron chi connectivity index (χ4n) is 4.32. The van der Waals surface area contributed by atoms with E-state index in [9.17, 15) is 4.79 Å². The van der Waals surface area contributed by atoms with Crippen molar-refractivity contribution in [3.05, 3.63) is 60.8 Å². The summed E-state index contributed by atoms with van der Waals surface area (Å²) in [5, 5.41) is 7.50. The number of pyridine rings is 2. The highest BCUT2D eigenvalue weighted by Crippen LogP contribution is 2.30. The van der Waals surface area contributed by atoms with Crippen LogP contribution in [-0.4, -0.2) is 49.7 Å². The molecule has 0 spiro atoms. The predicted octanol–water partition coefficient (Wildman–Crippen LogP) is 2.90. The van der Waals surface area contributed by atoms with Gasteiger partial charge in [0, 0.05) is 36.3 Å². The first kappa shape index (κ1) is 21.6.